The first-order valence-electron chi connectivity index (χ1n) is 11.6. The number of hydrogen-bond donors (Lipinski definition) is 2. The largest absolute Gasteiger partial charge is 0.497 e. The van der Waals surface area contributed by atoms with Gasteiger partial charge in [-0.25, -0.2) is 0 Å². The van der Waals surface area contributed by atoms with Crippen LogP contribution in [0.3, 0.4) is 0 Å². The van der Waals surface area contributed by atoms with Crippen molar-refractivity contribution in [3.05, 3.63) is 48.1 Å². The van der Waals surface area contributed by atoms with Crippen molar-refractivity contribution in [1.82, 2.24) is 0 Å². The third kappa shape index (κ3) is 5.23. The Morgan fingerprint density at radius 2 is 2.00 bits per heavy atom. The number of fused-ring (bicyclic) bond motifs is 1. The zero-order valence-corrected chi connectivity index (χ0v) is 19.8. The van der Waals surface area contributed by atoms with Crippen molar-refractivity contribution in [3.8, 4) is 5.75 Å². The van der Waals surface area contributed by atoms with E-state index in [4.69, 9.17) is 4.74 Å². The molecule has 0 bridgehead atoms. The van der Waals surface area contributed by atoms with Crippen LogP contribution in [-0.2, 0) is 4.79 Å². The molecule has 3 rings (SSSR count). The van der Waals surface area contributed by atoms with E-state index in [0.717, 1.165) is 49.1 Å². The number of aliphatic hydroxyl groups is 1. The van der Waals surface area contributed by atoms with Gasteiger partial charge in [-0.05, 0) is 92.4 Å². The maximum Gasteiger partial charge on any atom is 0.248 e. The second kappa shape index (κ2) is 9.60. The molecule has 1 aromatic carbocycles. The maximum absolute atomic E-state index is 12.4. The molecular formula is C27H39NO3. The van der Waals surface area contributed by atoms with Crippen molar-refractivity contribution >= 4 is 11.6 Å². The number of nitrogens with one attached hydrogen (secondary N) is 1. The predicted molar refractivity (Wildman–Crippen MR) is 127 cm³/mol. The Labute approximate surface area is 187 Å². The number of hydrogen-bond acceptors (Lipinski definition) is 3. The van der Waals surface area contributed by atoms with Crippen molar-refractivity contribution in [2.24, 2.45) is 29.1 Å². The van der Waals surface area contributed by atoms with Gasteiger partial charge >= 0.3 is 0 Å². The summed E-state index contributed by atoms with van der Waals surface area (Å²) < 4.78 is 5.16. The Morgan fingerprint density at radius 1 is 1.32 bits per heavy atom. The number of anilines is 1. The molecule has 2 aliphatic carbocycles. The molecule has 0 aromatic heterocycles. The molecule has 4 nitrogen and oxygen atoms in total. The summed E-state index contributed by atoms with van der Waals surface area (Å²) >= 11 is 0. The number of allylic oxidation sites excluding steroid dienone is 2. The molecule has 0 saturated heterocycles. The Balaban J connectivity index is 1.62. The van der Waals surface area contributed by atoms with E-state index < -0.39 is 0 Å². The zero-order valence-electron chi connectivity index (χ0n) is 19.8. The minimum Gasteiger partial charge on any atom is -0.497 e. The Hall–Kier alpha value is -2.07. The van der Waals surface area contributed by atoms with Crippen LogP contribution < -0.4 is 10.1 Å². The quantitative estimate of drug-likeness (QED) is 0.435. The molecule has 0 radical (unpaired) electrons. The van der Waals surface area contributed by atoms with Gasteiger partial charge in [-0.3, -0.25) is 4.79 Å². The van der Waals surface area contributed by atoms with E-state index >= 15 is 0 Å². The maximum atomic E-state index is 12.4. The fraction of sp³-hybridized carbons (Fsp3) is 0.593. The van der Waals surface area contributed by atoms with Gasteiger partial charge in [-0.1, -0.05) is 38.5 Å². The Bertz CT molecular complexity index is 823. The first kappa shape index (κ1) is 23.6. The predicted octanol–water partition coefficient (Wildman–Crippen LogP) is 5.99. The molecule has 5 atom stereocenters. The lowest BCUT2D eigenvalue weighted by atomic mass is 9.50. The fourth-order valence-corrected chi connectivity index (χ4v) is 5.92. The summed E-state index contributed by atoms with van der Waals surface area (Å²) in [6.07, 6.45) is 6.46. The number of benzene rings is 1. The smallest absolute Gasteiger partial charge is 0.248 e. The highest BCUT2D eigenvalue weighted by Gasteiger charge is 2.51. The van der Waals surface area contributed by atoms with Gasteiger partial charge in [0.2, 0.25) is 5.91 Å². The van der Waals surface area contributed by atoms with Gasteiger partial charge < -0.3 is 15.2 Å². The molecule has 2 fully saturated rings. The van der Waals surface area contributed by atoms with Crippen LogP contribution in [0.4, 0.5) is 5.69 Å². The lowest BCUT2D eigenvalue weighted by Crippen LogP contribution is -2.52. The van der Waals surface area contributed by atoms with Crippen molar-refractivity contribution < 1.29 is 14.6 Å². The average molecular weight is 426 g/mol. The van der Waals surface area contributed by atoms with E-state index in [1.807, 2.05) is 31.2 Å². The lowest BCUT2D eigenvalue weighted by molar-refractivity contribution is -0.112. The molecule has 4 heteroatoms. The number of carbonyl (C=O) groups is 1. The highest BCUT2D eigenvalue weighted by Crippen LogP contribution is 2.56. The van der Waals surface area contributed by atoms with Crippen molar-refractivity contribution in [2.75, 3.05) is 12.4 Å². The van der Waals surface area contributed by atoms with Gasteiger partial charge in [0.1, 0.15) is 5.75 Å². The van der Waals surface area contributed by atoms with Crippen LogP contribution in [0.5, 0.6) is 5.75 Å². The van der Waals surface area contributed by atoms with Gasteiger partial charge in [0.15, 0.2) is 0 Å². The van der Waals surface area contributed by atoms with Crippen LogP contribution in [0.25, 0.3) is 0 Å². The summed E-state index contributed by atoms with van der Waals surface area (Å²) in [5.74, 6) is 2.73. The molecule has 1 aromatic rings. The lowest BCUT2D eigenvalue weighted by Gasteiger charge is -2.55. The average Bonchev–Trinajstić information content (AvgIpc) is 2.71. The zero-order chi connectivity index (χ0) is 22.8. The monoisotopic (exact) mass is 425 g/mol. The summed E-state index contributed by atoms with van der Waals surface area (Å²) in [5, 5.41) is 13.6. The topological polar surface area (TPSA) is 58.6 Å². The summed E-state index contributed by atoms with van der Waals surface area (Å²) in [4.78, 5) is 12.4. The van der Waals surface area contributed by atoms with Gasteiger partial charge in [0.05, 0.1) is 13.2 Å². The number of methoxy groups -OCH3 is 1. The number of amides is 1. The standard InChI is InChI=1S/C27H39NO3/c1-17(15-25(30)28-20-9-11-21(31-6)12-10-20)7-13-22-18(2)8-14-23-26(22)19(3)16-24(29)27(23,4)5/h9-12,15,19,22-24,26,29H,2,7-8,13-14,16H2,1,3-6H3,(H,28,30)/b17-15+. The van der Waals surface area contributed by atoms with E-state index in [1.165, 1.54) is 5.57 Å². The number of rotatable bonds is 6. The number of carbonyl (C=O) groups excluding carboxylic acids is 1. The minimum atomic E-state index is -0.223. The molecule has 31 heavy (non-hydrogen) atoms. The van der Waals surface area contributed by atoms with E-state index in [0.29, 0.717) is 23.7 Å². The first-order chi connectivity index (χ1) is 14.6. The normalized spacial score (nSPS) is 30.5. The number of aliphatic hydroxyl groups excluding tert-OH is 1. The van der Waals surface area contributed by atoms with Crippen molar-refractivity contribution in [1.29, 1.82) is 0 Å². The highest BCUT2D eigenvalue weighted by atomic mass is 16.5. The third-order valence-electron chi connectivity index (χ3n) is 7.88. The molecule has 2 saturated carbocycles. The molecule has 2 N–H and O–H groups in total. The molecule has 170 valence electrons. The summed E-state index contributed by atoms with van der Waals surface area (Å²) in [6, 6.07) is 7.35. The molecule has 0 heterocycles. The van der Waals surface area contributed by atoms with Gasteiger partial charge in [0, 0.05) is 11.8 Å². The van der Waals surface area contributed by atoms with E-state index in [2.05, 4.69) is 32.7 Å². The molecule has 2 aliphatic rings. The second-order valence-corrected chi connectivity index (χ2v) is 10.3. The summed E-state index contributed by atoms with van der Waals surface area (Å²) in [6.45, 7) is 13.2. The third-order valence-corrected chi connectivity index (χ3v) is 7.88. The molecule has 1 amide bonds. The van der Waals surface area contributed by atoms with Crippen LogP contribution in [0.2, 0.25) is 0 Å². The molecule has 5 unspecified atom stereocenters. The van der Waals surface area contributed by atoms with Crippen molar-refractivity contribution in [3.63, 3.8) is 0 Å². The first-order valence-corrected chi connectivity index (χ1v) is 11.6. The highest BCUT2D eigenvalue weighted by molar-refractivity contribution is 5.99. The number of ether oxygens (including phenoxy) is 1. The SMILES string of the molecule is C=C1CCC2C(C(C)CC(O)C2(C)C)C1CC/C(C)=C/C(=O)Nc1ccc(OC)cc1. The van der Waals surface area contributed by atoms with E-state index in [1.54, 1.807) is 13.2 Å². The fourth-order valence-electron chi connectivity index (χ4n) is 5.92. The second-order valence-electron chi connectivity index (χ2n) is 10.3. The van der Waals surface area contributed by atoms with Crippen LogP contribution >= 0.6 is 0 Å². The van der Waals surface area contributed by atoms with Crippen LogP contribution in [0.1, 0.15) is 59.8 Å². The van der Waals surface area contributed by atoms with Crippen molar-refractivity contribution in [2.45, 2.75) is 65.9 Å². The van der Waals surface area contributed by atoms with Crippen LogP contribution in [0, 0.1) is 29.1 Å². The Kier molecular flexibility index (Phi) is 7.31. The van der Waals surface area contributed by atoms with Crippen LogP contribution in [0.15, 0.2) is 48.1 Å². The molecule has 0 spiro atoms. The summed E-state index contributed by atoms with van der Waals surface area (Å²) in [7, 11) is 1.63. The molecule has 0 aliphatic heterocycles. The van der Waals surface area contributed by atoms with E-state index in [9.17, 15) is 9.90 Å². The molecular weight excluding hydrogens is 386 g/mol. The van der Waals surface area contributed by atoms with Gasteiger partial charge in [0.25, 0.3) is 0 Å². The Morgan fingerprint density at radius 3 is 2.65 bits per heavy atom. The summed E-state index contributed by atoms with van der Waals surface area (Å²) in [5.41, 5.74) is 3.16. The van der Waals surface area contributed by atoms with Gasteiger partial charge in [-0.15, -0.1) is 0 Å². The minimum absolute atomic E-state index is 0.0424. The van der Waals surface area contributed by atoms with E-state index in [-0.39, 0.29) is 17.4 Å². The van der Waals surface area contributed by atoms with Gasteiger partial charge in [-0.2, -0.15) is 0 Å². The van der Waals surface area contributed by atoms with Crippen LogP contribution in [-0.4, -0.2) is 24.2 Å².